The van der Waals surface area contributed by atoms with E-state index in [4.69, 9.17) is 21.3 Å². The molecule has 2 aromatic rings. The lowest BCUT2D eigenvalue weighted by Gasteiger charge is -2.05. The number of nitrogens with zero attached hydrogens (tertiary/aromatic N) is 1. The summed E-state index contributed by atoms with van der Waals surface area (Å²) in [6, 6.07) is 9.12. The molecule has 1 aromatic heterocycles. The molecule has 0 aliphatic rings. The number of rotatable bonds is 3. The van der Waals surface area contributed by atoms with Gasteiger partial charge < -0.3 is 9.73 Å². The zero-order valence-corrected chi connectivity index (χ0v) is 12.9. The highest BCUT2D eigenvalue weighted by atomic mass is 79.9. The summed E-state index contributed by atoms with van der Waals surface area (Å²) < 4.78 is 6.96. The van der Waals surface area contributed by atoms with Crippen molar-refractivity contribution >= 4 is 49.1 Å². The molecular weight excluding hydrogens is 383 g/mol. The van der Waals surface area contributed by atoms with Crippen molar-refractivity contribution in [3.8, 4) is 6.07 Å². The maximum absolute atomic E-state index is 8.87. The fraction of sp³-hybridized carbons (Fsp3) is 0.0833. The van der Waals surface area contributed by atoms with Crippen molar-refractivity contribution in [3.63, 3.8) is 0 Å². The molecule has 18 heavy (non-hydrogen) atoms. The standard InChI is InChI=1S/C12H7Br2ClN2O/c13-10-4-9(18-12(10)14)6-17-8-1-2-11(15)7(3-8)5-16/h1-4,17H,6H2. The van der Waals surface area contributed by atoms with E-state index in [0.29, 0.717) is 21.8 Å². The molecule has 0 fully saturated rings. The largest absolute Gasteiger partial charge is 0.451 e. The molecule has 0 unspecified atom stereocenters. The molecule has 0 atom stereocenters. The van der Waals surface area contributed by atoms with Crippen LogP contribution in [0.15, 0.2) is 37.8 Å². The van der Waals surface area contributed by atoms with Crippen LogP contribution in [0.1, 0.15) is 11.3 Å². The van der Waals surface area contributed by atoms with Crippen LogP contribution in [0, 0.1) is 11.3 Å². The molecule has 6 heteroatoms. The van der Waals surface area contributed by atoms with Gasteiger partial charge in [0.1, 0.15) is 11.8 Å². The summed E-state index contributed by atoms with van der Waals surface area (Å²) in [6.45, 7) is 0.525. The number of nitrogens with one attached hydrogen (secondary N) is 1. The van der Waals surface area contributed by atoms with E-state index in [1.165, 1.54) is 0 Å². The summed E-state index contributed by atoms with van der Waals surface area (Å²) in [5.74, 6) is 0.780. The van der Waals surface area contributed by atoms with Gasteiger partial charge in [-0.3, -0.25) is 0 Å². The van der Waals surface area contributed by atoms with Gasteiger partial charge in [-0.05, 0) is 56.1 Å². The summed E-state index contributed by atoms with van der Waals surface area (Å²) >= 11 is 12.5. The van der Waals surface area contributed by atoms with E-state index in [1.54, 1.807) is 12.1 Å². The van der Waals surface area contributed by atoms with Gasteiger partial charge in [-0.1, -0.05) is 11.6 Å². The fourth-order valence-electron chi connectivity index (χ4n) is 1.39. The zero-order chi connectivity index (χ0) is 13.1. The van der Waals surface area contributed by atoms with E-state index in [-0.39, 0.29) is 0 Å². The van der Waals surface area contributed by atoms with Gasteiger partial charge >= 0.3 is 0 Å². The maximum atomic E-state index is 8.87. The number of anilines is 1. The summed E-state index contributed by atoms with van der Waals surface area (Å²) in [5.41, 5.74) is 1.27. The number of furan rings is 1. The van der Waals surface area contributed by atoms with Crippen LogP contribution in [0.2, 0.25) is 5.02 Å². The van der Waals surface area contributed by atoms with Crippen molar-refractivity contribution in [1.29, 1.82) is 5.26 Å². The van der Waals surface area contributed by atoms with Crippen LogP contribution in [0.25, 0.3) is 0 Å². The third-order valence-electron chi connectivity index (χ3n) is 2.25. The smallest absolute Gasteiger partial charge is 0.183 e. The van der Waals surface area contributed by atoms with Crippen molar-refractivity contribution in [3.05, 3.63) is 49.8 Å². The minimum atomic E-state index is 0.448. The van der Waals surface area contributed by atoms with Gasteiger partial charge in [0, 0.05) is 5.69 Å². The summed E-state index contributed by atoms with van der Waals surface area (Å²) in [5, 5.41) is 12.5. The topological polar surface area (TPSA) is 49.0 Å². The molecule has 0 spiro atoms. The second kappa shape index (κ2) is 5.79. The predicted octanol–water partition coefficient (Wildman–Crippen LogP) is 4.94. The van der Waals surface area contributed by atoms with Crippen molar-refractivity contribution in [2.45, 2.75) is 6.54 Å². The summed E-state index contributed by atoms with van der Waals surface area (Å²) in [6.07, 6.45) is 0. The van der Waals surface area contributed by atoms with Crippen molar-refractivity contribution in [2.75, 3.05) is 5.32 Å². The van der Waals surface area contributed by atoms with Crippen LogP contribution >= 0.6 is 43.5 Å². The number of hydrogen-bond donors (Lipinski definition) is 1. The lowest BCUT2D eigenvalue weighted by molar-refractivity contribution is 0.494. The quantitative estimate of drug-likeness (QED) is 0.807. The first-order valence-electron chi connectivity index (χ1n) is 4.97. The molecule has 0 bridgehead atoms. The van der Waals surface area contributed by atoms with E-state index in [9.17, 15) is 0 Å². The maximum Gasteiger partial charge on any atom is 0.183 e. The Morgan fingerprint density at radius 1 is 1.33 bits per heavy atom. The van der Waals surface area contributed by atoms with Crippen LogP contribution in [-0.2, 0) is 6.54 Å². The molecule has 3 nitrogen and oxygen atoms in total. The SMILES string of the molecule is N#Cc1cc(NCc2cc(Br)c(Br)o2)ccc1Cl. The molecule has 1 aromatic carbocycles. The highest BCUT2D eigenvalue weighted by Gasteiger charge is 2.06. The van der Waals surface area contributed by atoms with Gasteiger partial charge in [0.05, 0.1) is 21.6 Å². The second-order valence-corrected chi connectivity index (χ2v) is 5.48. The monoisotopic (exact) mass is 388 g/mol. The van der Waals surface area contributed by atoms with Gasteiger partial charge in [0.2, 0.25) is 0 Å². The molecule has 0 amide bonds. The van der Waals surface area contributed by atoms with Crippen LogP contribution in [0.3, 0.4) is 0 Å². The Kier molecular flexibility index (Phi) is 4.33. The second-order valence-electron chi connectivity index (χ2n) is 3.49. The normalized spacial score (nSPS) is 10.1. The van der Waals surface area contributed by atoms with E-state index >= 15 is 0 Å². The Hall–Kier alpha value is -0.960. The van der Waals surface area contributed by atoms with Crippen molar-refractivity contribution < 1.29 is 4.42 Å². The number of benzene rings is 1. The van der Waals surface area contributed by atoms with Crippen molar-refractivity contribution in [2.24, 2.45) is 0 Å². The molecule has 0 saturated carbocycles. The zero-order valence-electron chi connectivity index (χ0n) is 9.01. The molecule has 0 aliphatic carbocycles. The summed E-state index contributed by atoms with van der Waals surface area (Å²) in [4.78, 5) is 0. The average Bonchev–Trinajstić information content (AvgIpc) is 2.68. The minimum absolute atomic E-state index is 0.448. The first-order chi connectivity index (χ1) is 8.60. The van der Waals surface area contributed by atoms with Gasteiger partial charge in [-0.15, -0.1) is 0 Å². The molecule has 0 aliphatic heterocycles. The molecule has 92 valence electrons. The Balaban J connectivity index is 2.09. The van der Waals surface area contributed by atoms with Gasteiger partial charge in [0.25, 0.3) is 0 Å². The highest BCUT2D eigenvalue weighted by Crippen LogP contribution is 2.27. The number of halogens is 3. The first kappa shape index (κ1) is 13.5. The summed E-state index contributed by atoms with van der Waals surface area (Å²) in [7, 11) is 0. The highest BCUT2D eigenvalue weighted by molar-refractivity contribution is 9.13. The van der Waals surface area contributed by atoms with E-state index in [0.717, 1.165) is 15.9 Å². The van der Waals surface area contributed by atoms with Gasteiger partial charge in [-0.2, -0.15) is 5.26 Å². The van der Waals surface area contributed by atoms with Crippen LogP contribution in [-0.4, -0.2) is 0 Å². The molecule has 1 N–H and O–H groups in total. The molecule has 0 saturated heterocycles. The molecule has 2 rings (SSSR count). The van der Waals surface area contributed by atoms with E-state index in [2.05, 4.69) is 37.2 Å². The van der Waals surface area contributed by atoms with Gasteiger partial charge in [-0.25, -0.2) is 0 Å². The molecule has 0 radical (unpaired) electrons. The lowest BCUT2D eigenvalue weighted by Crippen LogP contribution is -1.98. The predicted molar refractivity (Wildman–Crippen MR) is 77.6 cm³/mol. The Labute approximate surface area is 126 Å². The van der Waals surface area contributed by atoms with Crippen LogP contribution in [0.4, 0.5) is 5.69 Å². The Morgan fingerprint density at radius 2 is 2.11 bits per heavy atom. The number of nitriles is 1. The molecule has 1 heterocycles. The lowest BCUT2D eigenvalue weighted by atomic mass is 10.2. The van der Waals surface area contributed by atoms with Crippen molar-refractivity contribution in [1.82, 2.24) is 0 Å². The third-order valence-corrected chi connectivity index (χ3v) is 4.29. The van der Waals surface area contributed by atoms with Crippen LogP contribution in [0.5, 0.6) is 0 Å². The minimum Gasteiger partial charge on any atom is -0.451 e. The van der Waals surface area contributed by atoms with Gasteiger partial charge in [0.15, 0.2) is 4.67 Å². The van der Waals surface area contributed by atoms with Crippen LogP contribution < -0.4 is 5.32 Å². The first-order valence-corrected chi connectivity index (χ1v) is 6.94. The van der Waals surface area contributed by atoms with E-state index in [1.807, 2.05) is 18.2 Å². The Morgan fingerprint density at radius 3 is 2.72 bits per heavy atom. The Bertz CT molecular complexity index is 600. The molecular formula is C12H7Br2ClN2O. The van der Waals surface area contributed by atoms with E-state index < -0.39 is 0 Å². The third kappa shape index (κ3) is 3.08. The number of hydrogen-bond acceptors (Lipinski definition) is 3. The fourth-order valence-corrected chi connectivity index (χ4v) is 2.21. The average molecular weight is 390 g/mol.